The molecule has 4 rings (SSSR count). The van der Waals surface area contributed by atoms with Crippen molar-refractivity contribution in [3.63, 3.8) is 0 Å². The highest BCUT2D eigenvalue weighted by molar-refractivity contribution is 6.33. The number of hydrogen-bond donors (Lipinski definition) is 1. The molecule has 7 nitrogen and oxygen atoms in total. The SMILES string of the molecule is CCCc1nc(Oc2ccc(Cl)cc2)ccc1-c1nn(C)c2cc(Cl)c(O[C@@H](C)C(=O)O)cc12. The van der Waals surface area contributed by atoms with Crippen LogP contribution in [-0.4, -0.2) is 31.9 Å². The summed E-state index contributed by atoms with van der Waals surface area (Å²) in [5.74, 6) is 0.316. The van der Waals surface area contributed by atoms with Crippen molar-refractivity contribution in [1.82, 2.24) is 14.8 Å². The first-order valence-corrected chi connectivity index (χ1v) is 11.5. The molecule has 176 valence electrons. The highest BCUT2D eigenvalue weighted by Gasteiger charge is 2.20. The minimum Gasteiger partial charge on any atom is -0.479 e. The second-order valence-corrected chi connectivity index (χ2v) is 8.66. The molecule has 4 aromatic rings. The molecule has 0 aliphatic carbocycles. The normalized spacial score (nSPS) is 12.0. The number of nitrogens with zero attached hydrogens (tertiary/aromatic N) is 3. The van der Waals surface area contributed by atoms with Gasteiger partial charge in [0.15, 0.2) is 6.10 Å². The van der Waals surface area contributed by atoms with Crippen molar-refractivity contribution >= 4 is 40.1 Å². The van der Waals surface area contributed by atoms with Crippen LogP contribution in [0.5, 0.6) is 17.4 Å². The van der Waals surface area contributed by atoms with E-state index in [9.17, 15) is 9.90 Å². The number of carboxylic acid groups (broad SMARTS) is 1. The summed E-state index contributed by atoms with van der Waals surface area (Å²) in [6.07, 6.45) is 0.556. The predicted octanol–water partition coefficient (Wildman–Crippen LogP) is 6.54. The number of carboxylic acids is 1. The van der Waals surface area contributed by atoms with E-state index in [1.165, 1.54) is 6.92 Å². The first-order valence-electron chi connectivity index (χ1n) is 10.8. The molecule has 0 aliphatic rings. The number of aliphatic carboxylic acids is 1. The summed E-state index contributed by atoms with van der Waals surface area (Å²) in [4.78, 5) is 16.0. The fourth-order valence-electron chi connectivity index (χ4n) is 3.59. The summed E-state index contributed by atoms with van der Waals surface area (Å²) in [6.45, 7) is 3.53. The fourth-order valence-corrected chi connectivity index (χ4v) is 3.92. The van der Waals surface area contributed by atoms with Crippen molar-refractivity contribution in [2.45, 2.75) is 32.8 Å². The molecular weight excluding hydrogens is 477 g/mol. The van der Waals surface area contributed by atoms with Crippen molar-refractivity contribution in [2.75, 3.05) is 0 Å². The van der Waals surface area contributed by atoms with Crippen LogP contribution in [0.4, 0.5) is 0 Å². The summed E-state index contributed by atoms with van der Waals surface area (Å²) >= 11 is 12.3. The van der Waals surface area contributed by atoms with Gasteiger partial charge < -0.3 is 14.6 Å². The second-order valence-electron chi connectivity index (χ2n) is 7.82. The molecule has 1 atom stereocenters. The molecule has 0 saturated heterocycles. The summed E-state index contributed by atoms with van der Waals surface area (Å²) < 4.78 is 13.2. The van der Waals surface area contributed by atoms with Crippen LogP contribution < -0.4 is 9.47 Å². The Labute approximate surface area is 206 Å². The fraction of sp³-hybridized carbons (Fsp3) is 0.240. The van der Waals surface area contributed by atoms with Gasteiger partial charge in [0.25, 0.3) is 0 Å². The van der Waals surface area contributed by atoms with Gasteiger partial charge in [0.1, 0.15) is 17.2 Å². The molecule has 0 bridgehead atoms. The van der Waals surface area contributed by atoms with E-state index in [4.69, 9.17) is 42.8 Å². The highest BCUT2D eigenvalue weighted by atomic mass is 35.5. The van der Waals surface area contributed by atoms with Crippen molar-refractivity contribution < 1.29 is 19.4 Å². The lowest BCUT2D eigenvalue weighted by Gasteiger charge is -2.13. The lowest BCUT2D eigenvalue weighted by molar-refractivity contribution is -0.144. The number of fused-ring (bicyclic) bond motifs is 1. The van der Waals surface area contributed by atoms with Crippen LogP contribution in [0.1, 0.15) is 26.0 Å². The van der Waals surface area contributed by atoms with Crippen LogP contribution in [-0.2, 0) is 18.3 Å². The number of aryl methyl sites for hydroxylation is 2. The van der Waals surface area contributed by atoms with Gasteiger partial charge in [-0.1, -0.05) is 36.5 Å². The van der Waals surface area contributed by atoms with Crippen molar-refractivity contribution in [1.29, 1.82) is 0 Å². The van der Waals surface area contributed by atoms with E-state index in [0.717, 1.165) is 35.0 Å². The van der Waals surface area contributed by atoms with Crippen LogP contribution in [0.25, 0.3) is 22.2 Å². The van der Waals surface area contributed by atoms with Gasteiger partial charge in [-0.15, -0.1) is 0 Å². The third-order valence-electron chi connectivity index (χ3n) is 5.28. The van der Waals surface area contributed by atoms with Crippen molar-refractivity contribution in [2.24, 2.45) is 7.05 Å². The highest BCUT2D eigenvalue weighted by Crippen LogP contribution is 2.37. The maximum Gasteiger partial charge on any atom is 0.344 e. The number of halogens is 2. The van der Waals surface area contributed by atoms with E-state index in [-0.39, 0.29) is 5.75 Å². The van der Waals surface area contributed by atoms with Crippen LogP contribution >= 0.6 is 23.2 Å². The first kappa shape index (κ1) is 23.9. The average Bonchev–Trinajstić information content (AvgIpc) is 3.11. The molecule has 0 spiro atoms. The summed E-state index contributed by atoms with van der Waals surface area (Å²) in [5, 5.41) is 15.7. The molecular formula is C25H23Cl2N3O4. The third kappa shape index (κ3) is 4.95. The van der Waals surface area contributed by atoms with E-state index >= 15 is 0 Å². The lowest BCUT2D eigenvalue weighted by Crippen LogP contribution is -2.22. The zero-order valence-corrected chi connectivity index (χ0v) is 20.4. The van der Waals surface area contributed by atoms with E-state index in [1.54, 1.807) is 47.1 Å². The van der Waals surface area contributed by atoms with Gasteiger partial charge in [0, 0.05) is 29.1 Å². The Balaban J connectivity index is 1.77. The van der Waals surface area contributed by atoms with Crippen molar-refractivity contribution in [3.05, 3.63) is 64.3 Å². The van der Waals surface area contributed by atoms with Crippen LogP contribution in [0.15, 0.2) is 48.5 Å². The number of carbonyl (C=O) groups is 1. The Kier molecular flexibility index (Phi) is 6.95. The monoisotopic (exact) mass is 499 g/mol. The van der Waals surface area contributed by atoms with Gasteiger partial charge in [-0.3, -0.25) is 4.68 Å². The molecule has 0 aliphatic heterocycles. The Hall–Kier alpha value is -3.29. The molecule has 2 aromatic heterocycles. The van der Waals surface area contributed by atoms with E-state index in [1.807, 2.05) is 13.1 Å². The van der Waals surface area contributed by atoms with Gasteiger partial charge in [0.05, 0.1) is 16.2 Å². The first-order chi connectivity index (χ1) is 16.3. The number of rotatable bonds is 8. The molecule has 0 saturated carbocycles. The standard InChI is InChI=1S/C25H23Cl2N3O4/c1-4-5-20-17(10-11-23(28-20)34-16-8-6-15(26)7-9-16)24-18-12-22(33-14(2)25(31)32)19(27)13-21(18)30(3)29-24/h6-14H,4-5H2,1-3H3,(H,31,32)/t14-/m0/s1. The van der Waals surface area contributed by atoms with Gasteiger partial charge >= 0.3 is 5.97 Å². The number of hydrogen-bond acceptors (Lipinski definition) is 5. The topological polar surface area (TPSA) is 86.5 Å². The van der Waals surface area contributed by atoms with Gasteiger partial charge in [-0.2, -0.15) is 5.10 Å². The summed E-state index contributed by atoms with van der Waals surface area (Å²) in [6, 6.07) is 14.3. The smallest absolute Gasteiger partial charge is 0.344 e. The Morgan fingerprint density at radius 1 is 1.15 bits per heavy atom. The van der Waals surface area contributed by atoms with Crippen LogP contribution in [0.3, 0.4) is 0 Å². The molecule has 0 amide bonds. The Morgan fingerprint density at radius 3 is 2.56 bits per heavy atom. The average molecular weight is 500 g/mol. The minimum atomic E-state index is -1.08. The minimum absolute atomic E-state index is 0.283. The summed E-state index contributed by atoms with van der Waals surface area (Å²) in [5.41, 5.74) is 3.19. The molecule has 9 heteroatoms. The molecule has 2 aromatic carbocycles. The molecule has 2 heterocycles. The lowest BCUT2D eigenvalue weighted by atomic mass is 10.0. The maximum absolute atomic E-state index is 11.3. The molecule has 0 fully saturated rings. The van der Waals surface area contributed by atoms with Crippen LogP contribution in [0.2, 0.25) is 10.0 Å². The van der Waals surface area contributed by atoms with Gasteiger partial charge in [-0.05, 0) is 55.8 Å². The van der Waals surface area contributed by atoms with Crippen molar-refractivity contribution in [3.8, 4) is 28.6 Å². The van der Waals surface area contributed by atoms with E-state index in [2.05, 4.69) is 6.92 Å². The number of aromatic nitrogens is 3. The molecule has 1 N–H and O–H groups in total. The number of ether oxygens (including phenoxy) is 2. The van der Waals surface area contributed by atoms with Crippen LogP contribution in [0, 0.1) is 0 Å². The Morgan fingerprint density at radius 2 is 1.88 bits per heavy atom. The molecule has 34 heavy (non-hydrogen) atoms. The number of benzene rings is 2. The molecule has 0 unspecified atom stereocenters. The number of pyridine rings is 1. The van der Waals surface area contributed by atoms with Gasteiger partial charge in [-0.25, -0.2) is 9.78 Å². The van der Waals surface area contributed by atoms with E-state index < -0.39 is 12.1 Å². The quantitative estimate of drug-likeness (QED) is 0.296. The van der Waals surface area contributed by atoms with E-state index in [0.29, 0.717) is 27.4 Å². The van der Waals surface area contributed by atoms with Gasteiger partial charge in [0.2, 0.25) is 5.88 Å². The zero-order valence-electron chi connectivity index (χ0n) is 18.9. The zero-order chi connectivity index (χ0) is 24.4. The summed E-state index contributed by atoms with van der Waals surface area (Å²) in [7, 11) is 1.83. The predicted molar refractivity (Wildman–Crippen MR) is 132 cm³/mol. The maximum atomic E-state index is 11.3. The largest absolute Gasteiger partial charge is 0.479 e. The Bertz CT molecular complexity index is 1350. The second kappa shape index (κ2) is 9.91. The molecule has 0 radical (unpaired) electrons. The third-order valence-corrected chi connectivity index (χ3v) is 5.83.